The van der Waals surface area contributed by atoms with E-state index in [4.69, 9.17) is 8.85 Å². The number of hydrogen-bond acceptors (Lipinski definition) is 5. The van der Waals surface area contributed by atoms with Gasteiger partial charge in [0.1, 0.15) is 11.6 Å². The van der Waals surface area contributed by atoms with Gasteiger partial charge in [0.2, 0.25) is 0 Å². The number of carbonyl (C=O) groups is 2. The fourth-order valence-corrected chi connectivity index (χ4v) is 3.69. The maximum absolute atomic E-state index is 14.4. The fraction of sp³-hybridized carbons (Fsp3) is 0.368. The van der Waals surface area contributed by atoms with Crippen molar-refractivity contribution in [1.29, 1.82) is 0 Å². The van der Waals surface area contributed by atoms with E-state index in [1.807, 2.05) is 0 Å². The summed E-state index contributed by atoms with van der Waals surface area (Å²) in [5.74, 6) is -4.68. The lowest BCUT2D eigenvalue weighted by Gasteiger charge is -2.48. The average Bonchev–Trinajstić information content (AvgIpc) is 2.63. The van der Waals surface area contributed by atoms with Gasteiger partial charge in [0, 0.05) is 0 Å². The number of nitrogens with one attached hydrogen (secondary N) is 1. The number of anilines is 1. The van der Waals surface area contributed by atoms with Gasteiger partial charge in [-0.15, -0.1) is 0 Å². The number of nitrogens with zero attached hydrogens (tertiary/aromatic N) is 1. The Balaban J connectivity index is 2.21. The Hall–Kier alpha value is -3.04. The second kappa shape index (κ2) is 7.41. The largest absolute Gasteiger partial charge is 0.495 e. The molecule has 29 heavy (non-hydrogen) atoms. The summed E-state index contributed by atoms with van der Waals surface area (Å²) < 4.78 is 81.4. The minimum absolute atomic E-state index is 0.183. The molecule has 2 aliphatic rings. The molecule has 0 bridgehead atoms. The Morgan fingerprint density at radius 3 is 2.72 bits per heavy atom. The first-order chi connectivity index (χ1) is 14.7. The molecule has 3 atom stereocenters. The van der Waals surface area contributed by atoms with E-state index in [-0.39, 0.29) is 5.70 Å². The number of carbonyl (C=O) groups excluding carboxylic acids is 1. The van der Waals surface area contributed by atoms with E-state index in [2.05, 4.69) is 5.32 Å². The Labute approximate surface area is 167 Å². The van der Waals surface area contributed by atoms with Crippen LogP contribution in [0.25, 0.3) is 0 Å². The molecule has 2 N–H and O–H groups in total. The van der Waals surface area contributed by atoms with Crippen molar-refractivity contribution in [3.8, 4) is 5.75 Å². The lowest BCUT2D eigenvalue weighted by molar-refractivity contribution is -0.139. The Kier molecular flexibility index (Phi) is 4.31. The van der Waals surface area contributed by atoms with Crippen LogP contribution in [0.2, 0.25) is 0 Å². The van der Waals surface area contributed by atoms with Crippen LogP contribution in [-0.2, 0) is 15.8 Å². The molecular weight excluding hydrogens is 396 g/mol. The molecule has 1 aliphatic heterocycles. The molecule has 0 spiro atoms. The molecule has 1 aliphatic carbocycles. The van der Waals surface area contributed by atoms with Gasteiger partial charge in [0.05, 0.1) is 52.6 Å². The Bertz CT molecular complexity index is 1010. The first kappa shape index (κ1) is 16.9. The van der Waals surface area contributed by atoms with Gasteiger partial charge in [0.15, 0.2) is 5.78 Å². The molecular formula is C19H18F4N2O4. The summed E-state index contributed by atoms with van der Waals surface area (Å²) in [6, 6.07) is 0.717. The van der Waals surface area contributed by atoms with Gasteiger partial charge in [0.25, 0.3) is 0 Å². The highest BCUT2D eigenvalue weighted by atomic mass is 19.4. The predicted octanol–water partition coefficient (Wildman–Crippen LogP) is 3.25. The first-order valence-electron chi connectivity index (χ1n) is 9.97. The molecule has 0 amide bonds. The molecule has 1 saturated heterocycles. The van der Waals surface area contributed by atoms with Crippen LogP contribution in [0, 0.1) is 5.92 Å². The molecule has 10 heteroatoms. The molecule has 0 saturated carbocycles. The quantitative estimate of drug-likeness (QED) is 0.733. The molecule has 1 fully saturated rings. The van der Waals surface area contributed by atoms with Crippen LogP contribution >= 0.6 is 0 Å². The minimum atomic E-state index is -4.80. The predicted molar refractivity (Wildman–Crippen MR) is 94.9 cm³/mol. The van der Waals surface area contributed by atoms with Gasteiger partial charge in [-0.2, -0.15) is 13.2 Å². The van der Waals surface area contributed by atoms with Gasteiger partial charge in [-0.05, 0) is 37.3 Å². The molecule has 1 aromatic rings. The molecule has 1 heterocycles. The number of ether oxygens (including phenoxy) is 1. The van der Waals surface area contributed by atoms with Crippen molar-refractivity contribution < 1.29 is 41.1 Å². The second-order valence-electron chi connectivity index (χ2n) is 6.65. The number of alkyl halides is 3. The molecule has 6 nitrogen and oxygen atoms in total. The maximum Gasteiger partial charge on any atom is 0.416 e. The molecule has 3 rings (SSSR count). The molecule has 1 aromatic carbocycles. The lowest BCUT2D eigenvalue weighted by atomic mass is 9.82. The van der Waals surface area contributed by atoms with Crippen LogP contribution in [0.15, 0.2) is 41.9 Å². The number of benzene rings is 1. The topological polar surface area (TPSA) is 78.9 Å². The van der Waals surface area contributed by atoms with E-state index >= 15 is 0 Å². The lowest BCUT2D eigenvalue weighted by Crippen LogP contribution is -2.61. The number of methoxy groups -OCH3 is 1. The third-order valence-corrected chi connectivity index (χ3v) is 4.85. The van der Waals surface area contributed by atoms with E-state index in [0.717, 1.165) is 23.1 Å². The second-order valence-corrected chi connectivity index (χ2v) is 6.65. The van der Waals surface area contributed by atoms with Crippen molar-refractivity contribution in [2.45, 2.75) is 31.7 Å². The summed E-state index contributed by atoms with van der Waals surface area (Å²) in [5.41, 5.74) is -1.73. The van der Waals surface area contributed by atoms with Crippen LogP contribution in [0.3, 0.4) is 0 Å². The monoisotopic (exact) mass is 417 g/mol. The van der Waals surface area contributed by atoms with E-state index in [1.165, 1.54) is 6.92 Å². The summed E-state index contributed by atoms with van der Waals surface area (Å²) in [6.07, 6.45) is -4.73. The van der Waals surface area contributed by atoms with E-state index in [1.54, 1.807) is 0 Å². The molecule has 0 radical (unpaired) electrons. The third-order valence-electron chi connectivity index (χ3n) is 4.85. The van der Waals surface area contributed by atoms with Gasteiger partial charge in [-0.25, -0.2) is 4.39 Å². The Morgan fingerprint density at radius 2 is 2.10 bits per heavy atom. The smallest absolute Gasteiger partial charge is 0.416 e. The summed E-state index contributed by atoms with van der Waals surface area (Å²) in [4.78, 5) is 25.2. The fourth-order valence-electron chi connectivity index (χ4n) is 3.69. The van der Waals surface area contributed by atoms with Crippen LogP contribution < -0.4 is 15.0 Å². The third kappa shape index (κ3) is 3.79. The van der Waals surface area contributed by atoms with Crippen molar-refractivity contribution >= 4 is 17.4 Å². The van der Waals surface area contributed by atoms with Crippen LogP contribution in [-0.4, -0.2) is 36.1 Å². The van der Waals surface area contributed by atoms with Crippen molar-refractivity contribution in [3.63, 3.8) is 0 Å². The zero-order valence-electron chi connectivity index (χ0n) is 18.0. The summed E-state index contributed by atoms with van der Waals surface area (Å²) in [5, 5.41) is 12.1. The standard InChI is InChI=1S/C19H18F4N2O4/c1-9-24-18-11(20)4-5-14(26)17(18)13(8-16(27)28)25(9)12-7-10(19(21,22)23)3-6-15(12)29-2/h3-7,9,13,17,24H,8H2,1-2H3,(H,27,28)/i2D3. The van der Waals surface area contributed by atoms with Crippen molar-refractivity contribution in [1.82, 2.24) is 5.32 Å². The highest BCUT2D eigenvalue weighted by Crippen LogP contribution is 2.42. The number of fused-ring (bicyclic) bond motifs is 1. The highest BCUT2D eigenvalue weighted by Gasteiger charge is 2.46. The number of hydrogen-bond donors (Lipinski definition) is 2. The SMILES string of the molecule is [2H]C([2H])([2H])Oc1ccc(C(F)(F)F)cc1N1C(C)NC2=C(F)C=CC(=O)C2C1CC(=O)O. The summed E-state index contributed by atoms with van der Waals surface area (Å²) in [6.45, 7) is 1.41. The molecule has 0 aromatic heterocycles. The van der Waals surface area contributed by atoms with E-state index in [9.17, 15) is 32.3 Å². The first-order valence-corrected chi connectivity index (χ1v) is 8.47. The normalized spacial score (nSPS) is 26.2. The van der Waals surface area contributed by atoms with Crippen molar-refractivity contribution in [2.24, 2.45) is 5.92 Å². The number of halogens is 4. The van der Waals surface area contributed by atoms with Gasteiger partial charge in [-0.3, -0.25) is 9.59 Å². The number of carboxylic acids is 1. The van der Waals surface area contributed by atoms with Gasteiger partial charge < -0.3 is 20.1 Å². The number of carboxylic acid groups (broad SMARTS) is 1. The average molecular weight is 417 g/mol. The number of ketones is 1. The maximum atomic E-state index is 14.4. The number of rotatable bonds is 4. The van der Waals surface area contributed by atoms with Gasteiger partial charge in [-0.1, -0.05) is 0 Å². The number of allylic oxidation sites excluding steroid dienone is 3. The number of aliphatic carboxylic acids is 1. The minimum Gasteiger partial charge on any atom is -0.495 e. The van der Waals surface area contributed by atoms with E-state index < -0.39 is 72.3 Å². The van der Waals surface area contributed by atoms with E-state index in [0.29, 0.717) is 12.1 Å². The van der Waals surface area contributed by atoms with Gasteiger partial charge >= 0.3 is 12.1 Å². The molecule has 3 unspecified atom stereocenters. The van der Waals surface area contributed by atoms with Crippen LogP contribution in [0.1, 0.15) is 23.0 Å². The van der Waals surface area contributed by atoms with Crippen LogP contribution in [0.4, 0.5) is 23.2 Å². The Morgan fingerprint density at radius 1 is 1.38 bits per heavy atom. The summed E-state index contributed by atoms with van der Waals surface area (Å²) >= 11 is 0. The highest BCUT2D eigenvalue weighted by molar-refractivity contribution is 5.97. The zero-order chi connectivity index (χ0) is 24.0. The summed E-state index contributed by atoms with van der Waals surface area (Å²) in [7, 11) is -3.02. The van der Waals surface area contributed by atoms with Crippen molar-refractivity contribution in [2.75, 3.05) is 11.9 Å². The molecule has 156 valence electrons. The van der Waals surface area contributed by atoms with Crippen molar-refractivity contribution in [3.05, 3.63) is 47.4 Å². The van der Waals surface area contributed by atoms with Crippen LogP contribution in [0.5, 0.6) is 5.75 Å². The zero-order valence-corrected chi connectivity index (χ0v) is 15.0.